The van der Waals surface area contributed by atoms with Gasteiger partial charge in [-0.2, -0.15) is 4.31 Å². The lowest BCUT2D eigenvalue weighted by Gasteiger charge is -2.42. The first-order valence-electron chi connectivity index (χ1n) is 18.4. The summed E-state index contributed by atoms with van der Waals surface area (Å²) < 4.78 is 37.3. The number of sulfonamides is 1. The van der Waals surface area contributed by atoms with Crippen molar-refractivity contribution in [3.05, 3.63) is 166 Å². The zero-order valence-corrected chi connectivity index (χ0v) is 31.3. The molecule has 52 heavy (non-hydrogen) atoms. The van der Waals surface area contributed by atoms with E-state index in [0.717, 1.165) is 66.3 Å². The molecule has 0 saturated carbocycles. The molecule has 6 rings (SSSR count). The smallest absolute Gasteiger partial charge is 0.244 e. The highest BCUT2D eigenvalue weighted by Gasteiger charge is 2.46. The van der Waals surface area contributed by atoms with Crippen molar-refractivity contribution in [3.8, 4) is 5.75 Å². The number of ether oxygens (including phenoxy) is 1. The summed E-state index contributed by atoms with van der Waals surface area (Å²) in [7, 11) is -2.63. The summed E-state index contributed by atoms with van der Waals surface area (Å²) in [5, 5.41) is 3.40. The van der Waals surface area contributed by atoms with Crippen LogP contribution < -0.4 is 10.1 Å². The predicted octanol–water partition coefficient (Wildman–Crippen LogP) is 8.74. The minimum absolute atomic E-state index is 0.101. The molecule has 6 nitrogen and oxygen atoms in total. The average molecular weight is 715 g/mol. The summed E-state index contributed by atoms with van der Waals surface area (Å²) in [5.41, 5.74) is 7.16. The molecule has 270 valence electrons. The molecule has 1 aliphatic rings. The summed E-state index contributed by atoms with van der Waals surface area (Å²) >= 11 is 0. The lowest BCUT2D eigenvalue weighted by molar-refractivity contribution is -0.126. The van der Waals surface area contributed by atoms with E-state index in [1.807, 2.05) is 80.6 Å². The number of carbonyl (C=O) groups is 1. The van der Waals surface area contributed by atoms with Crippen LogP contribution in [0.3, 0.4) is 0 Å². The number of carbonyl (C=O) groups excluding carboxylic acids is 1. The number of benzene rings is 5. The molecule has 0 fully saturated rings. The van der Waals surface area contributed by atoms with E-state index in [2.05, 4.69) is 53.8 Å². The highest BCUT2D eigenvalue weighted by atomic mass is 32.2. The van der Waals surface area contributed by atoms with Crippen molar-refractivity contribution < 1.29 is 17.9 Å². The van der Waals surface area contributed by atoms with E-state index in [-0.39, 0.29) is 23.3 Å². The third-order valence-corrected chi connectivity index (χ3v) is 12.4. The van der Waals surface area contributed by atoms with Gasteiger partial charge in [0, 0.05) is 12.1 Å². The molecule has 7 heteroatoms. The Bertz CT molecular complexity index is 1990. The Labute approximate surface area is 309 Å². The van der Waals surface area contributed by atoms with Gasteiger partial charge in [-0.15, -0.1) is 0 Å². The molecule has 0 spiro atoms. The van der Waals surface area contributed by atoms with Gasteiger partial charge >= 0.3 is 0 Å². The fourth-order valence-corrected chi connectivity index (χ4v) is 9.39. The summed E-state index contributed by atoms with van der Waals surface area (Å²) in [6.45, 7) is 3.81. The quantitative estimate of drug-likeness (QED) is 0.118. The van der Waals surface area contributed by atoms with Crippen molar-refractivity contribution in [1.82, 2.24) is 9.62 Å². The molecule has 0 bridgehead atoms. The Morgan fingerprint density at radius 1 is 0.769 bits per heavy atom. The monoisotopic (exact) mass is 714 g/mol. The van der Waals surface area contributed by atoms with E-state index in [1.54, 1.807) is 19.2 Å². The number of aryl methyl sites for hydroxylation is 3. The van der Waals surface area contributed by atoms with Crippen molar-refractivity contribution in [2.24, 2.45) is 0 Å². The van der Waals surface area contributed by atoms with Crippen LogP contribution in [-0.2, 0) is 40.5 Å². The minimum Gasteiger partial charge on any atom is -0.496 e. The summed E-state index contributed by atoms with van der Waals surface area (Å²) in [5.74, 6) is 0.254. The van der Waals surface area contributed by atoms with Crippen molar-refractivity contribution in [2.75, 3.05) is 7.11 Å². The molecule has 1 heterocycles. The number of methoxy groups -OCH3 is 1. The molecule has 5 aromatic carbocycles. The van der Waals surface area contributed by atoms with E-state index in [4.69, 9.17) is 4.74 Å². The maximum absolute atomic E-state index is 15.1. The maximum Gasteiger partial charge on any atom is 0.244 e. The molecule has 2 atom stereocenters. The molecule has 2 unspecified atom stereocenters. The zero-order valence-electron chi connectivity index (χ0n) is 30.5. The normalized spacial score (nSPS) is 16.0. The molecule has 1 aliphatic heterocycles. The van der Waals surface area contributed by atoms with Crippen LogP contribution in [-0.4, -0.2) is 37.8 Å². The lowest BCUT2D eigenvalue weighted by Crippen LogP contribution is -2.56. The van der Waals surface area contributed by atoms with Gasteiger partial charge in [0.05, 0.1) is 18.0 Å². The average Bonchev–Trinajstić information content (AvgIpc) is 3.16. The topological polar surface area (TPSA) is 75.7 Å². The predicted molar refractivity (Wildman–Crippen MR) is 209 cm³/mol. The second-order valence-corrected chi connectivity index (χ2v) is 15.8. The Kier molecular flexibility index (Phi) is 12.3. The van der Waals surface area contributed by atoms with Gasteiger partial charge in [0.2, 0.25) is 15.9 Å². The molecule has 0 saturated heterocycles. The fourth-order valence-electron chi connectivity index (χ4n) is 7.54. The number of nitrogens with zero attached hydrogens (tertiary/aromatic N) is 1. The SMILES string of the molecule is COc1cc(S(=O)(=O)N2C(C(=O)NC(CCCc3ccccc3)CCCc3ccccc3)Cc3ccccc3C2Cc2ccccc2)cc(C)c1C. The zero-order chi connectivity index (χ0) is 36.5. The molecular weight excluding hydrogens is 665 g/mol. The Balaban J connectivity index is 1.35. The van der Waals surface area contributed by atoms with E-state index in [0.29, 0.717) is 12.2 Å². The van der Waals surface area contributed by atoms with Gasteiger partial charge in [-0.05, 0) is 110 Å². The van der Waals surface area contributed by atoms with Crippen LogP contribution in [0.5, 0.6) is 5.75 Å². The first kappa shape index (κ1) is 37.1. The highest BCUT2D eigenvalue weighted by Crippen LogP contribution is 2.41. The van der Waals surface area contributed by atoms with E-state index >= 15 is 8.42 Å². The number of amides is 1. The summed E-state index contributed by atoms with van der Waals surface area (Å²) in [6.07, 6.45) is 5.97. The summed E-state index contributed by atoms with van der Waals surface area (Å²) in [6, 6.07) is 40.4. The molecule has 0 aromatic heterocycles. The van der Waals surface area contributed by atoms with Crippen LogP contribution >= 0.6 is 0 Å². The molecule has 1 amide bonds. The first-order valence-corrected chi connectivity index (χ1v) is 19.9. The standard InChI is InChI=1S/C45H50N2O4S/c1-33-29-40(32-44(51-3)34(33)2)52(49,50)47-42(30-37-21-11-6-12-22-37)41-28-14-13-25-38(41)31-43(47)45(48)46-39(26-15-23-35-17-7-4-8-18-35)27-16-24-36-19-9-5-10-20-36/h4-14,17-22,25,28-29,32,39,42-43H,15-16,23-24,26-27,30-31H2,1-3H3,(H,46,48). The molecule has 0 aliphatic carbocycles. The van der Waals surface area contributed by atoms with Crippen molar-refractivity contribution in [1.29, 1.82) is 0 Å². The Hall–Kier alpha value is -4.72. The van der Waals surface area contributed by atoms with Crippen LogP contribution in [0.2, 0.25) is 0 Å². The lowest BCUT2D eigenvalue weighted by atomic mass is 9.86. The number of rotatable bonds is 15. The fraction of sp³-hybridized carbons (Fsp3) is 0.311. The van der Waals surface area contributed by atoms with Gasteiger partial charge in [-0.25, -0.2) is 8.42 Å². The molecule has 5 aromatic rings. The highest BCUT2D eigenvalue weighted by molar-refractivity contribution is 7.89. The Morgan fingerprint density at radius 2 is 1.31 bits per heavy atom. The number of hydrogen-bond donors (Lipinski definition) is 1. The van der Waals surface area contributed by atoms with Crippen LogP contribution in [0.4, 0.5) is 0 Å². The van der Waals surface area contributed by atoms with E-state index in [9.17, 15) is 4.79 Å². The third kappa shape index (κ3) is 8.83. The molecule has 1 N–H and O–H groups in total. The van der Waals surface area contributed by atoms with Gasteiger partial charge in [0.1, 0.15) is 11.8 Å². The van der Waals surface area contributed by atoms with Gasteiger partial charge in [0.15, 0.2) is 0 Å². The van der Waals surface area contributed by atoms with E-state index < -0.39 is 22.1 Å². The third-order valence-electron chi connectivity index (χ3n) is 10.5. The molecular formula is C45H50N2O4S. The number of nitrogens with one attached hydrogen (secondary N) is 1. The van der Waals surface area contributed by atoms with Gasteiger partial charge in [-0.1, -0.05) is 115 Å². The van der Waals surface area contributed by atoms with Crippen LogP contribution in [0.25, 0.3) is 0 Å². The van der Waals surface area contributed by atoms with Crippen molar-refractivity contribution in [3.63, 3.8) is 0 Å². The van der Waals surface area contributed by atoms with Gasteiger partial charge in [-0.3, -0.25) is 4.79 Å². The van der Waals surface area contributed by atoms with Crippen LogP contribution in [0.1, 0.15) is 70.7 Å². The summed E-state index contributed by atoms with van der Waals surface area (Å²) in [4.78, 5) is 14.9. The molecule has 0 radical (unpaired) electrons. The van der Waals surface area contributed by atoms with E-state index in [1.165, 1.54) is 15.4 Å². The number of hydrogen-bond acceptors (Lipinski definition) is 4. The van der Waals surface area contributed by atoms with Crippen LogP contribution in [0, 0.1) is 13.8 Å². The first-order chi connectivity index (χ1) is 25.2. The second-order valence-electron chi connectivity index (χ2n) is 14.0. The maximum atomic E-state index is 15.1. The van der Waals surface area contributed by atoms with Crippen LogP contribution in [0.15, 0.2) is 132 Å². The van der Waals surface area contributed by atoms with Crippen molar-refractivity contribution >= 4 is 15.9 Å². The van der Waals surface area contributed by atoms with Crippen molar-refractivity contribution in [2.45, 2.75) is 88.2 Å². The Morgan fingerprint density at radius 3 is 1.88 bits per heavy atom. The largest absolute Gasteiger partial charge is 0.496 e. The van der Waals surface area contributed by atoms with Gasteiger partial charge in [0.25, 0.3) is 0 Å². The second kappa shape index (κ2) is 17.2. The minimum atomic E-state index is -4.19. The number of fused-ring (bicyclic) bond motifs is 1. The van der Waals surface area contributed by atoms with Gasteiger partial charge < -0.3 is 10.1 Å².